The minimum atomic E-state index is -0.299. The molecule has 1 aromatic heterocycles. The summed E-state index contributed by atoms with van der Waals surface area (Å²) in [6, 6.07) is 3.22. The van der Waals surface area contributed by atoms with Crippen LogP contribution in [0.3, 0.4) is 0 Å². The number of likely N-dealkylation sites (N-methyl/N-ethyl adjacent to an activating group) is 1. The third-order valence-electron chi connectivity index (χ3n) is 3.59. The summed E-state index contributed by atoms with van der Waals surface area (Å²) in [5.74, 6) is -0.133. The number of amides is 2. The van der Waals surface area contributed by atoms with Gasteiger partial charge in [-0.3, -0.25) is 14.5 Å². The molecule has 21 heavy (non-hydrogen) atoms. The fraction of sp³-hybridized carbons (Fsp3) is 0.571. The van der Waals surface area contributed by atoms with Crippen LogP contribution in [0.5, 0.6) is 0 Å². The van der Waals surface area contributed by atoms with E-state index in [1.54, 1.807) is 24.1 Å². The molecular formula is C14H21N3O4. The Morgan fingerprint density at radius 3 is 2.62 bits per heavy atom. The Balaban J connectivity index is 1.80. The number of piperazine rings is 1. The van der Waals surface area contributed by atoms with Crippen LogP contribution in [-0.2, 0) is 4.79 Å². The smallest absolute Gasteiger partial charge is 0.289 e. The van der Waals surface area contributed by atoms with Crippen molar-refractivity contribution in [3.05, 3.63) is 24.2 Å². The predicted octanol–water partition coefficient (Wildman–Crippen LogP) is -0.512. The van der Waals surface area contributed by atoms with Crippen LogP contribution in [-0.4, -0.2) is 84.5 Å². The van der Waals surface area contributed by atoms with E-state index in [0.717, 1.165) is 13.1 Å². The number of carbonyl (C=O) groups excluding carboxylic acids is 2. The van der Waals surface area contributed by atoms with Crippen LogP contribution in [0.2, 0.25) is 0 Å². The van der Waals surface area contributed by atoms with E-state index in [2.05, 4.69) is 4.90 Å². The monoisotopic (exact) mass is 295 g/mol. The number of aliphatic hydroxyl groups is 1. The second-order valence-electron chi connectivity index (χ2n) is 5.08. The summed E-state index contributed by atoms with van der Waals surface area (Å²) in [4.78, 5) is 29.4. The van der Waals surface area contributed by atoms with Crippen molar-refractivity contribution in [3.63, 3.8) is 0 Å². The molecule has 0 atom stereocenters. The van der Waals surface area contributed by atoms with E-state index >= 15 is 0 Å². The van der Waals surface area contributed by atoms with Gasteiger partial charge in [-0.15, -0.1) is 0 Å². The van der Waals surface area contributed by atoms with Crippen LogP contribution in [0, 0.1) is 0 Å². The maximum atomic E-state index is 12.2. The average Bonchev–Trinajstić information content (AvgIpc) is 3.01. The lowest BCUT2D eigenvalue weighted by molar-refractivity contribution is -0.133. The van der Waals surface area contributed by atoms with Crippen LogP contribution >= 0.6 is 0 Å². The van der Waals surface area contributed by atoms with Gasteiger partial charge in [-0.2, -0.15) is 0 Å². The fourth-order valence-electron chi connectivity index (χ4n) is 2.33. The molecule has 0 radical (unpaired) electrons. The minimum Gasteiger partial charge on any atom is -0.459 e. The van der Waals surface area contributed by atoms with Crippen molar-refractivity contribution < 1.29 is 19.1 Å². The van der Waals surface area contributed by atoms with Crippen molar-refractivity contribution in [1.82, 2.24) is 14.7 Å². The van der Waals surface area contributed by atoms with Crippen molar-refractivity contribution in [2.45, 2.75) is 0 Å². The number of β-amino-alcohol motifs (C(OH)–C–C–N with tert-alkyl or cyclic N) is 1. The summed E-state index contributed by atoms with van der Waals surface area (Å²) >= 11 is 0. The number of hydrogen-bond acceptors (Lipinski definition) is 5. The van der Waals surface area contributed by atoms with Crippen molar-refractivity contribution in [1.29, 1.82) is 0 Å². The lowest BCUT2D eigenvalue weighted by Gasteiger charge is -2.35. The lowest BCUT2D eigenvalue weighted by Crippen LogP contribution is -2.51. The molecule has 1 saturated heterocycles. The van der Waals surface area contributed by atoms with Gasteiger partial charge in [-0.25, -0.2) is 0 Å². The molecule has 1 aliphatic rings. The van der Waals surface area contributed by atoms with Crippen LogP contribution < -0.4 is 0 Å². The molecule has 1 aliphatic heterocycles. The van der Waals surface area contributed by atoms with Gasteiger partial charge in [-0.1, -0.05) is 0 Å². The molecule has 0 saturated carbocycles. The van der Waals surface area contributed by atoms with Gasteiger partial charge < -0.3 is 19.3 Å². The normalized spacial score (nSPS) is 16.0. The van der Waals surface area contributed by atoms with E-state index < -0.39 is 0 Å². The molecule has 0 spiro atoms. The standard InChI is InChI=1S/C14H21N3O4/c1-15(14(20)12-3-2-10-21-12)11-13(19)17-6-4-16(5-7-17)8-9-18/h2-3,10,18H,4-9,11H2,1H3. The van der Waals surface area contributed by atoms with Gasteiger partial charge in [0, 0.05) is 39.8 Å². The van der Waals surface area contributed by atoms with Gasteiger partial charge in [0.15, 0.2) is 5.76 Å². The van der Waals surface area contributed by atoms with Crippen molar-refractivity contribution in [3.8, 4) is 0 Å². The zero-order valence-electron chi connectivity index (χ0n) is 12.2. The van der Waals surface area contributed by atoms with Gasteiger partial charge in [-0.05, 0) is 12.1 Å². The molecule has 1 fully saturated rings. The summed E-state index contributed by atoms with van der Waals surface area (Å²) in [5.41, 5.74) is 0. The molecule has 0 unspecified atom stereocenters. The minimum absolute atomic E-state index is 0.0412. The first-order valence-electron chi connectivity index (χ1n) is 7.01. The average molecular weight is 295 g/mol. The van der Waals surface area contributed by atoms with Crippen LogP contribution in [0.25, 0.3) is 0 Å². The number of furan rings is 1. The van der Waals surface area contributed by atoms with Gasteiger partial charge in [0.05, 0.1) is 19.4 Å². The first-order chi connectivity index (χ1) is 10.1. The number of hydrogen-bond donors (Lipinski definition) is 1. The number of nitrogens with zero attached hydrogens (tertiary/aromatic N) is 3. The molecule has 1 aromatic rings. The van der Waals surface area contributed by atoms with Crippen LogP contribution in [0.1, 0.15) is 10.6 Å². The Kier molecular flexibility index (Phi) is 5.35. The highest BCUT2D eigenvalue weighted by molar-refractivity contribution is 5.94. The van der Waals surface area contributed by atoms with E-state index in [-0.39, 0.29) is 30.7 Å². The zero-order valence-corrected chi connectivity index (χ0v) is 12.2. The van der Waals surface area contributed by atoms with Gasteiger partial charge in [0.25, 0.3) is 5.91 Å². The van der Waals surface area contributed by atoms with Crippen LogP contribution in [0.4, 0.5) is 0 Å². The molecule has 7 nitrogen and oxygen atoms in total. The summed E-state index contributed by atoms with van der Waals surface area (Å²) in [5, 5.41) is 8.89. The Morgan fingerprint density at radius 1 is 1.33 bits per heavy atom. The Bertz CT molecular complexity index is 467. The maximum absolute atomic E-state index is 12.2. The number of carbonyl (C=O) groups is 2. The van der Waals surface area contributed by atoms with E-state index in [1.807, 2.05) is 0 Å². The highest BCUT2D eigenvalue weighted by Crippen LogP contribution is 2.06. The van der Waals surface area contributed by atoms with E-state index in [9.17, 15) is 9.59 Å². The van der Waals surface area contributed by atoms with Gasteiger partial charge >= 0.3 is 0 Å². The largest absolute Gasteiger partial charge is 0.459 e. The third-order valence-corrected chi connectivity index (χ3v) is 3.59. The highest BCUT2D eigenvalue weighted by atomic mass is 16.3. The van der Waals surface area contributed by atoms with Gasteiger partial charge in [0.2, 0.25) is 5.91 Å². The SMILES string of the molecule is CN(CC(=O)N1CCN(CCO)CC1)C(=O)c1ccco1. The number of rotatable bonds is 5. The topological polar surface area (TPSA) is 77.2 Å². The molecule has 2 amide bonds. The number of aliphatic hydroxyl groups excluding tert-OH is 1. The second kappa shape index (κ2) is 7.24. The first kappa shape index (κ1) is 15.5. The summed E-state index contributed by atoms with van der Waals surface area (Å²) in [6.07, 6.45) is 1.43. The summed E-state index contributed by atoms with van der Waals surface area (Å²) < 4.78 is 5.04. The predicted molar refractivity (Wildman–Crippen MR) is 75.8 cm³/mol. The fourth-order valence-corrected chi connectivity index (χ4v) is 2.33. The Labute approximate surface area is 123 Å². The van der Waals surface area contributed by atoms with Crippen molar-refractivity contribution in [2.24, 2.45) is 0 Å². The quantitative estimate of drug-likeness (QED) is 0.791. The van der Waals surface area contributed by atoms with Crippen LogP contribution in [0.15, 0.2) is 22.8 Å². The van der Waals surface area contributed by atoms with E-state index in [1.165, 1.54) is 11.2 Å². The molecule has 2 heterocycles. The summed E-state index contributed by atoms with van der Waals surface area (Å²) in [6.45, 7) is 3.57. The lowest BCUT2D eigenvalue weighted by atomic mass is 10.3. The molecule has 1 N–H and O–H groups in total. The Hall–Kier alpha value is -1.86. The summed E-state index contributed by atoms with van der Waals surface area (Å²) in [7, 11) is 1.59. The highest BCUT2D eigenvalue weighted by Gasteiger charge is 2.24. The zero-order chi connectivity index (χ0) is 15.2. The van der Waals surface area contributed by atoms with E-state index in [0.29, 0.717) is 19.6 Å². The molecule has 116 valence electrons. The van der Waals surface area contributed by atoms with Gasteiger partial charge in [0.1, 0.15) is 0 Å². The third kappa shape index (κ3) is 4.05. The molecule has 7 heteroatoms. The molecular weight excluding hydrogens is 274 g/mol. The molecule has 0 aromatic carbocycles. The maximum Gasteiger partial charge on any atom is 0.289 e. The molecule has 0 aliphatic carbocycles. The molecule has 0 bridgehead atoms. The molecule has 2 rings (SSSR count). The van der Waals surface area contributed by atoms with Crippen molar-refractivity contribution in [2.75, 3.05) is 52.9 Å². The van der Waals surface area contributed by atoms with E-state index in [4.69, 9.17) is 9.52 Å². The first-order valence-corrected chi connectivity index (χ1v) is 7.01. The van der Waals surface area contributed by atoms with Crippen molar-refractivity contribution >= 4 is 11.8 Å². The Morgan fingerprint density at radius 2 is 2.05 bits per heavy atom. The second-order valence-corrected chi connectivity index (χ2v) is 5.08.